The molecule has 30 heavy (non-hydrogen) atoms. The van der Waals surface area contributed by atoms with Crippen LogP contribution in [-0.4, -0.2) is 34.2 Å². The average molecular weight is 408 g/mol. The molecule has 1 aromatic carbocycles. The van der Waals surface area contributed by atoms with Crippen LogP contribution in [0.25, 0.3) is 11.0 Å². The number of benzene rings is 1. The molecule has 156 valence electrons. The molecule has 1 fully saturated rings. The third kappa shape index (κ3) is 3.67. The zero-order valence-electron chi connectivity index (χ0n) is 17.2. The molecular weight excluding hydrogens is 384 g/mol. The smallest absolute Gasteiger partial charge is 0.336 e. The van der Waals surface area contributed by atoms with Crippen LogP contribution in [-0.2, 0) is 16.1 Å². The number of fused-ring (bicyclic) bond motifs is 1. The van der Waals surface area contributed by atoms with Crippen molar-refractivity contribution in [3.8, 4) is 0 Å². The number of hydrogen-bond acceptors (Lipinski definition) is 5. The molecule has 7 nitrogen and oxygen atoms in total. The number of carbonyl (C=O) groups is 3. The van der Waals surface area contributed by atoms with Gasteiger partial charge in [-0.1, -0.05) is 11.6 Å². The van der Waals surface area contributed by atoms with E-state index in [0.717, 1.165) is 46.6 Å². The maximum atomic E-state index is 12.8. The van der Waals surface area contributed by atoms with Gasteiger partial charge in [-0.2, -0.15) is 0 Å². The molecule has 1 aliphatic carbocycles. The number of urea groups is 1. The van der Waals surface area contributed by atoms with Crippen LogP contribution >= 0.6 is 0 Å². The zero-order valence-corrected chi connectivity index (χ0v) is 17.2. The van der Waals surface area contributed by atoms with Gasteiger partial charge in [0.25, 0.3) is 0 Å². The summed E-state index contributed by atoms with van der Waals surface area (Å²) in [5.74, 6) is -1.67. The normalized spacial score (nSPS) is 17.3. The maximum absolute atomic E-state index is 12.8. The summed E-state index contributed by atoms with van der Waals surface area (Å²) in [7, 11) is 0. The molecule has 0 spiro atoms. The Kier molecular flexibility index (Phi) is 5.28. The van der Waals surface area contributed by atoms with Crippen molar-refractivity contribution in [1.82, 2.24) is 9.80 Å². The number of imide groups is 2. The molecule has 2 heterocycles. The fraction of sp³-hybridized carbons (Fsp3) is 0.391. The van der Waals surface area contributed by atoms with Crippen LogP contribution in [0.3, 0.4) is 0 Å². The van der Waals surface area contributed by atoms with Crippen molar-refractivity contribution in [2.45, 2.75) is 52.5 Å². The quantitative estimate of drug-likeness (QED) is 0.327. The van der Waals surface area contributed by atoms with Crippen molar-refractivity contribution in [3.05, 3.63) is 57.0 Å². The number of amides is 4. The van der Waals surface area contributed by atoms with E-state index in [1.54, 1.807) is 6.07 Å². The Balaban J connectivity index is 1.59. The number of carbonyl (C=O) groups excluding carboxylic acids is 3. The standard InChI is InChI=1S/C23H24N2O5/c1-14-10-18-17(12-20(26)30-19(18)11-15(14)2)13-25-22(28)21(27)24(23(25)29)9-8-16-6-4-3-5-7-16/h6,10-12H,3-5,7-9,13H2,1-2H3. The largest absolute Gasteiger partial charge is 0.423 e. The van der Waals surface area contributed by atoms with E-state index in [4.69, 9.17) is 4.42 Å². The second-order valence-corrected chi connectivity index (χ2v) is 8.01. The van der Waals surface area contributed by atoms with Gasteiger partial charge >= 0.3 is 23.5 Å². The first-order valence-electron chi connectivity index (χ1n) is 10.2. The van der Waals surface area contributed by atoms with Gasteiger partial charge < -0.3 is 4.42 Å². The highest BCUT2D eigenvalue weighted by Gasteiger charge is 2.44. The summed E-state index contributed by atoms with van der Waals surface area (Å²) in [6, 6.07) is 4.27. The molecule has 1 saturated heterocycles. The van der Waals surface area contributed by atoms with Crippen molar-refractivity contribution in [2.24, 2.45) is 0 Å². The lowest BCUT2D eigenvalue weighted by Gasteiger charge is -2.18. The molecule has 0 saturated carbocycles. The summed E-state index contributed by atoms with van der Waals surface area (Å²) in [6.45, 7) is 3.89. The molecule has 0 N–H and O–H groups in total. The monoisotopic (exact) mass is 408 g/mol. The van der Waals surface area contributed by atoms with E-state index in [-0.39, 0.29) is 13.1 Å². The van der Waals surface area contributed by atoms with E-state index in [9.17, 15) is 19.2 Å². The minimum absolute atomic E-state index is 0.146. The second kappa shape index (κ2) is 7.89. The molecule has 2 aliphatic rings. The van der Waals surface area contributed by atoms with Gasteiger partial charge in [-0.15, -0.1) is 0 Å². The molecule has 1 aromatic heterocycles. The first-order valence-corrected chi connectivity index (χ1v) is 10.2. The number of allylic oxidation sites excluding steroid dienone is 1. The molecule has 1 aliphatic heterocycles. The van der Waals surface area contributed by atoms with Crippen LogP contribution in [0.5, 0.6) is 0 Å². The molecule has 4 rings (SSSR count). The Bertz CT molecular complexity index is 1140. The maximum Gasteiger partial charge on any atom is 0.336 e. The first-order chi connectivity index (χ1) is 14.3. The summed E-state index contributed by atoms with van der Waals surface area (Å²) in [6.07, 6.45) is 7.02. The SMILES string of the molecule is Cc1cc2oc(=O)cc(CN3C(=O)C(=O)N(CCC4=CCCCC4)C3=O)c2cc1C. The lowest BCUT2D eigenvalue weighted by atomic mass is 9.97. The highest BCUT2D eigenvalue weighted by atomic mass is 16.4. The molecule has 0 bridgehead atoms. The topological polar surface area (TPSA) is 87.9 Å². The lowest BCUT2D eigenvalue weighted by Crippen LogP contribution is -2.34. The molecule has 0 atom stereocenters. The Morgan fingerprint density at radius 3 is 2.40 bits per heavy atom. The summed E-state index contributed by atoms with van der Waals surface area (Å²) < 4.78 is 5.28. The summed E-state index contributed by atoms with van der Waals surface area (Å²) in [5, 5.41) is 0.650. The Morgan fingerprint density at radius 2 is 1.67 bits per heavy atom. The highest BCUT2D eigenvalue weighted by molar-refractivity contribution is 6.44. The predicted molar refractivity (Wildman–Crippen MR) is 111 cm³/mol. The fourth-order valence-electron chi connectivity index (χ4n) is 4.06. The molecule has 7 heteroatoms. The van der Waals surface area contributed by atoms with E-state index in [1.165, 1.54) is 11.6 Å². The average Bonchev–Trinajstić information content (AvgIpc) is 2.92. The van der Waals surface area contributed by atoms with Crippen LogP contribution in [0.2, 0.25) is 0 Å². The van der Waals surface area contributed by atoms with Gasteiger partial charge in [0.1, 0.15) is 5.58 Å². The summed E-state index contributed by atoms with van der Waals surface area (Å²) in [5.41, 5.74) is 3.50. The predicted octanol–water partition coefficient (Wildman–Crippen LogP) is 3.59. The highest BCUT2D eigenvalue weighted by Crippen LogP contribution is 2.26. The molecule has 2 aromatic rings. The van der Waals surface area contributed by atoms with Gasteiger partial charge in [0, 0.05) is 18.0 Å². The van der Waals surface area contributed by atoms with Crippen molar-refractivity contribution in [1.29, 1.82) is 0 Å². The number of rotatable bonds is 5. The van der Waals surface area contributed by atoms with Gasteiger partial charge in [0.15, 0.2) is 0 Å². The van der Waals surface area contributed by atoms with Crippen LogP contribution in [0.15, 0.2) is 39.1 Å². The Morgan fingerprint density at radius 1 is 0.933 bits per heavy atom. The van der Waals surface area contributed by atoms with Crippen molar-refractivity contribution in [3.63, 3.8) is 0 Å². The first kappa shape index (κ1) is 20.1. The third-order valence-corrected chi connectivity index (χ3v) is 5.95. The van der Waals surface area contributed by atoms with Gasteiger partial charge in [0.2, 0.25) is 0 Å². The minimum atomic E-state index is -0.858. The van der Waals surface area contributed by atoms with Crippen LogP contribution in [0, 0.1) is 13.8 Å². The van der Waals surface area contributed by atoms with Gasteiger partial charge in [-0.25, -0.2) is 9.59 Å². The van der Waals surface area contributed by atoms with E-state index >= 15 is 0 Å². The van der Waals surface area contributed by atoms with Crippen molar-refractivity contribution in [2.75, 3.05) is 6.54 Å². The van der Waals surface area contributed by atoms with Crippen LogP contribution in [0.1, 0.15) is 48.8 Å². The van der Waals surface area contributed by atoms with Crippen LogP contribution < -0.4 is 5.63 Å². The summed E-state index contributed by atoms with van der Waals surface area (Å²) in [4.78, 5) is 51.7. The van der Waals surface area contributed by atoms with E-state index < -0.39 is 23.5 Å². The van der Waals surface area contributed by atoms with Gasteiger partial charge in [0.05, 0.1) is 6.54 Å². The third-order valence-electron chi connectivity index (χ3n) is 5.95. The Labute approximate surface area is 173 Å². The number of nitrogens with zero attached hydrogens (tertiary/aromatic N) is 2. The van der Waals surface area contributed by atoms with Gasteiger partial charge in [-0.3, -0.25) is 19.4 Å². The number of hydrogen-bond donors (Lipinski definition) is 0. The second-order valence-electron chi connectivity index (χ2n) is 8.01. The van der Waals surface area contributed by atoms with E-state index in [1.807, 2.05) is 19.9 Å². The minimum Gasteiger partial charge on any atom is -0.423 e. The number of aryl methyl sites for hydroxylation is 2. The summed E-state index contributed by atoms with van der Waals surface area (Å²) >= 11 is 0. The fourth-order valence-corrected chi connectivity index (χ4v) is 4.06. The molecule has 0 radical (unpaired) electrons. The molecular formula is C23H24N2O5. The van der Waals surface area contributed by atoms with E-state index in [2.05, 4.69) is 6.08 Å². The van der Waals surface area contributed by atoms with Gasteiger partial charge in [-0.05, 0) is 74.8 Å². The molecule has 4 amide bonds. The Hall–Kier alpha value is -3.22. The van der Waals surface area contributed by atoms with Crippen LogP contribution in [0.4, 0.5) is 4.79 Å². The molecule has 0 unspecified atom stereocenters. The van der Waals surface area contributed by atoms with E-state index in [0.29, 0.717) is 23.0 Å². The zero-order chi connectivity index (χ0) is 21.4. The van der Waals surface area contributed by atoms with Crippen molar-refractivity contribution < 1.29 is 18.8 Å². The lowest BCUT2D eigenvalue weighted by molar-refractivity contribution is -0.143. The van der Waals surface area contributed by atoms with Crippen molar-refractivity contribution >= 4 is 28.8 Å².